The molecule has 2 aliphatic rings. The zero-order chi connectivity index (χ0) is 26.9. The highest BCUT2D eigenvalue weighted by Crippen LogP contribution is 2.46. The van der Waals surface area contributed by atoms with Gasteiger partial charge in [0.05, 0.1) is 0 Å². The fraction of sp³-hybridized carbons (Fsp3) is 0.300. The number of fused-ring (bicyclic) bond motifs is 1. The maximum atomic E-state index is 13.0. The fourth-order valence-corrected chi connectivity index (χ4v) is 7.94. The minimum Gasteiger partial charge on any atom is -0.477 e. The third-order valence-corrected chi connectivity index (χ3v) is 10.2. The van der Waals surface area contributed by atoms with Gasteiger partial charge in [0.15, 0.2) is 10.8 Å². The van der Waals surface area contributed by atoms with Gasteiger partial charge in [-0.3, -0.25) is 19.5 Å². The summed E-state index contributed by atoms with van der Waals surface area (Å²) in [7, 11) is 0. The zero-order valence-corrected chi connectivity index (χ0v) is 23.0. The van der Waals surface area contributed by atoms with Crippen molar-refractivity contribution in [2.75, 3.05) is 17.2 Å². The molecule has 0 saturated carbocycles. The van der Waals surface area contributed by atoms with E-state index in [-0.39, 0.29) is 26.9 Å². The number of oxime groups is 1. The maximum Gasteiger partial charge on any atom is 0.353 e. The van der Waals surface area contributed by atoms with Gasteiger partial charge in [0.1, 0.15) is 27.1 Å². The number of carbonyl (C=O) groups excluding carboxylic acids is 2. The van der Waals surface area contributed by atoms with Crippen LogP contribution in [-0.2, 0) is 14.4 Å². The molecule has 2 aromatic heterocycles. The number of nitrogens with two attached hydrogens (primary N) is 2. The lowest BCUT2D eigenvalue weighted by molar-refractivity contribution is -0.150. The normalized spacial score (nSPS) is 20.4. The van der Waals surface area contributed by atoms with Crippen LogP contribution in [0.25, 0.3) is 0 Å². The molecule has 37 heavy (non-hydrogen) atoms. The quantitative estimate of drug-likeness (QED) is 0.0921. The molecule has 12 nitrogen and oxygen atoms in total. The van der Waals surface area contributed by atoms with Gasteiger partial charge in [-0.05, 0) is 13.0 Å². The van der Waals surface area contributed by atoms with Crippen molar-refractivity contribution < 1.29 is 24.7 Å². The van der Waals surface area contributed by atoms with Crippen LogP contribution in [0, 0.1) is 0 Å². The minimum atomic E-state index is -1.26. The predicted molar refractivity (Wildman–Crippen MR) is 144 cm³/mol. The Morgan fingerprint density at radius 2 is 2.19 bits per heavy atom. The first-order valence-corrected chi connectivity index (χ1v) is 14.5. The average Bonchev–Trinajstić information content (AvgIpc) is 3.19. The van der Waals surface area contributed by atoms with Crippen LogP contribution < -0.4 is 16.8 Å². The number of anilines is 1. The number of hydrogen-bond acceptors (Lipinski definition) is 13. The van der Waals surface area contributed by atoms with Crippen molar-refractivity contribution in [2.45, 2.75) is 34.2 Å². The number of nitrogens with one attached hydrogen (secondary N) is 1. The molecule has 4 heterocycles. The van der Waals surface area contributed by atoms with E-state index in [1.54, 1.807) is 18.5 Å². The van der Waals surface area contributed by atoms with Crippen molar-refractivity contribution in [1.82, 2.24) is 20.2 Å². The molecular weight excluding hydrogens is 582 g/mol. The van der Waals surface area contributed by atoms with Crippen molar-refractivity contribution in [3.05, 3.63) is 39.1 Å². The van der Waals surface area contributed by atoms with Crippen LogP contribution in [0.4, 0.5) is 5.13 Å². The molecule has 2 amide bonds. The zero-order valence-electron chi connectivity index (χ0n) is 19.0. The van der Waals surface area contributed by atoms with E-state index < -0.39 is 34.9 Å². The monoisotopic (exact) mass is 601 g/mol. The Morgan fingerprint density at radius 3 is 2.81 bits per heavy atom. The lowest BCUT2D eigenvalue weighted by Crippen LogP contribution is -2.71. The molecular formula is C20H20ClN7O5S4. The summed E-state index contributed by atoms with van der Waals surface area (Å²) >= 11 is 11.0. The van der Waals surface area contributed by atoms with Crippen LogP contribution in [0.15, 0.2) is 44.0 Å². The Labute approximate surface area is 232 Å². The number of pyridine rings is 1. The third kappa shape index (κ3) is 5.68. The Hall–Kier alpha value is -2.50. The number of carboxylic acid groups (broad SMARTS) is 1. The highest BCUT2D eigenvalue weighted by atomic mass is 35.5. The molecule has 2 aliphatic heterocycles. The lowest BCUT2D eigenvalue weighted by atomic mass is 10.0. The number of hydrogen-bond donors (Lipinski definition) is 5. The summed E-state index contributed by atoms with van der Waals surface area (Å²) in [5.74, 6) is -1.81. The summed E-state index contributed by atoms with van der Waals surface area (Å²) in [6.07, 6.45) is 3.30. The molecule has 0 radical (unpaired) electrons. The van der Waals surface area contributed by atoms with Crippen LogP contribution in [0.2, 0.25) is 4.34 Å². The fourth-order valence-electron chi connectivity index (χ4n) is 3.46. The number of nitrogen functional groups attached to an aromatic ring is 1. The van der Waals surface area contributed by atoms with Crippen molar-refractivity contribution in [3.63, 3.8) is 0 Å². The van der Waals surface area contributed by atoms with Gasteiger partial charge in [0.25, 0.3) is 11.8 Å². The second kappa shape index (κ2) is 11.5. The second-order valence-electron chi connectivity index (χ2n) is 7.77. The summed E-state index contributed by atoms with van der Waals surface area (Å²) in [5.41, 5.74) is 10.7. The largest absolute Gasteiger partial charge is 0.477 e. The summed E-state index contributed by atoms with van der Waals surface area (Å²) in [4.78, 5) is 49.3. The first-order valence-electron chi connectivity index (χ1n) is 10.5. The van der Waals surface area contributed by atoms with Crippen LogP contribution in [0.5, 0.6) is 0 Å². The van der Waals surface area contributed by atoms with Gasteiger partial charge in [-0.1, -0.05) is 39.9 Å². The average molecular weight is 602 g/mol. The number of β-lactam (4-membered cyclic amide) rings is 1. The van der Waals surface area contributed by atoms with Crippen molar-refractivity contribution in [2.24, 2.45) is 10.9 Å². The number of halogens is 1. The van der Waals surface area contributed by atoms with Crippen LogP contribution in [0.3, 0.4) is 0 Å². The van der Waals surface area contributed by atoms with Crippen molar-refractivity contribution in [1.29, 1.82) is 0 Å². The molecule has 4 rings (SSSR count). The number of nitrogens with zero attached hydrogens (tertiary/aromatic N) is 4. The van der Waals surface area contributed by atoms with E-state index in [1.165, 1.54) is 35.3 Å². The van der Waals surface area contributed by atoms with Gasteiger partial charge in [-0.25, -0.2) is 9.78 Å². The molecule has 1 saturated heterocycles. The van der Waals surface area contributed by atoms with E-state index in [9.17, 15) is 24.7 Å². The summed E-state index contributed by atoms with van der Waals surface area (Å²) in [5, 5.41) is 24.2. The predicted octanol–water partition coefficient (Wildman–Crippen LogP) is 1.88. The number of carboxylic acids is 1. The van der Waals surface area contributed by atoms with Crippen LogP contribution >= 0.6 is 58.2 Å². The van der Waals surface area contributed by atoms with Gasteiger partial charge in [0.2, 0.25) is 0 Å². The highest BCUT2D eigenvalue weighted by molar-refractivity contribution is 8.07. The number of amides is 2. The topological polar surface area (TPSA) is 197 Å². The lowest BCUT2D eigenvalue weighted by Gasteiger charge is -2.49. The van der Waals surface area contributed by atoms with E-state index in [1.807, 2.05) is 6.92 Å². The number of thioether (sulfide) groups is 3. The van der Waals surface area contributed by atoms with Crippen molar-refractivity contribution in [3.8, 4) is 0 Å². The van der Waals surface area contributed by atoms with Gasteiger partial charge >= 0.3 is 5.97 Å². The molecule has 1 unspecified atom stereocenters. The van der Waals surface area contributed by atoms with Gasteiger partial charge < -0.3 is 27.1 Å². The molecule has 0 aliphatic carbocycles. The van der Waals surface area contributed by atoms with E-state index in [0.717, 1.165) is 26.0 Å². The van der Waals surface area contributed by atoms with Crippen LogP contribution in [-0.4, -0.2) is 77.6 Å². The van der Waals surface area contributed by atoms with E-state index >= 15 is 0 Å². The minimum absolute atomic E-state index is 0.0333. The molecule has 0 spiro atoms. The smallest absolute Gasteiger partial charge is 0.353 e. The number of carbonyl (C=O) groups is 3. The maximum absolute atomic E-state index is 13.0. The molecule has 196 valence electrons. The van der Waals surface area contributed by atoms with Gasteiger partial charge in [-0.2, -0.15) is 0 Å². The third-order valence-electron chi connectivity index (χ3n) is 5.05. The highest BCUT2D eigenvalue weighted by Gasteiger charge is 2.54. The Morgan fingerprint density at radius 1 is 1.43 bits per heavy atom. The van der Waals surface area contributed by atoms with Crippen LogP contribution in [0.1, 0.15) is 12.6 Å². The standard InChI is InChI=1S/C20H20ClN7O5S4/c1-7(22)5-34-9-4-24-3-2-8(9)36-10-6-35-18-13(17(30)28(18)14(10)19(31)32)25-16(29)12(27-33)11-15(21)37-20(23)26-11/h2-4,7,13,18,33H,5-6,22H2,1H3,(H2,23,26)(H,25,29)(H,31,32)/b27-12-/t7?,13-,18-/m1/s1. The van der Waals surface area contributed by atoms with E-state index in [0.29, 0.717) is 16.4 Å². The van der Waals surface area contributed by atoms with E-state index in [2.05, 4.69) is 20.4 Å². The number of rotatable bonds is 9. The molecule has 3 atom stereocenters. The first kappa shape index (κ1) is 27.5. The Bertz CT molecular complexity index is 1320. The molecule has 1 fully saturated rings. The molecule has 7 N–H and O–H groups in total. The number of thiazole rings is 1. The van der Waals surface area contributed by atoms with E-state index in [4.69, 9.17) is 23.1 Å². The summed E-state index contributed by atoms with van der Waals surface area (Å²) in [6, 6.07) is 0.710. The number of aliphatic carboxylic acids is 1. The Balaban J connectivity index is 1.53. The van der Waals surface area contributed by atoms with Gasteiger partial charge in [0, 0.05) is 44.6 Å². The summed E-state index contributed by atoms with van der Waals surface area (Å²) < 4.78 is 0.0429. The molecule has 2 aromatic rings. The molecule has 0 aromatic carbocycles. The molecule has 17 heteroatoms. The summed E-state index contributed by atoms with van der Waals surface area (Å²) in [6.45, 7) is 1.89. The SMILES string of the molecule is CC(N)CSc1cnccc1SC1=C(C(=O)O)N2C(=O)[C@@H](NC(=O)/C(=N\O)c3nc(N)sc3Cl)[C@H]2SC1. The van der Waals surface area contributed by atoms with Crippen molar-refractivity contribution >= 4 is 86.9 Å². The first-order chi connectivity index (χ1) is 17.6. The van der Waals surface area contributed by atoms with Gasteiger partial charge in [-0.15, -0.1) is 23.5 Å². The number of aromatic nitrogens is 2. The second-order valence-corrected chi connectivity index (χ2v) is 12.7. The Kier molecular flexibility index (Phi) is 8.55. The molecule has 0 bridgehead atoms.